The van der Waals surface area contributed by atoms with Crippen LogP contribution in [0.15, 0.2) is 27.4 Å². The maximum absolute atomic E-state index is 12.4. The van der Waals surface area contributed by atoms with Crippen LogP contribution in [-0.4, -0.2) is 27.3 Å². The zero-order chi connectivity index (χ0) is 18.2. The van der Waals surface area contributed by atoms with Gasteiger partial charge < -0.3 is 18.6 Å². The molecular weight excluding hydrogens is 324 g/mol. The van der Waals surface area contributed by atoms with E-state index in [4.69, 9.17) is 13.9 Å². The van der Waals surface area contributed by atoms with E-state index in [2.05, 4.69) is 4.74 Å². The van der Waals surface area contributed by atoms with Gasteiger partial charge in [-0.2, -0.15) is 0 Å². The van der Waals surface area contributed by atoms with Gasteiger partial charge in [0.15, 0.2) is 5.43 Å². The number of benzene rings is 1. The Morgan fingerprint density at radius 2 is 1.76 bits per heavy atom. The Morgan fingerprint density at radius 1 is 1.00 bits per heavy atom. The molecule has 0 aliphatic rings. The number of methoxy groups -OCH3 is 3. The summed E-state index contributed by atoms with van der Waals surface area (Å²) in [5.74, 6) is 1.48. The molecule has 0 saturated carbocycles. The zero-order valence-corrected chi connectivity index (χ0v) is 14.9. The third kappa shape index (κ3) is 4.98. The molecule has 0 N–H and O–H groups in total. The lowest BCUT2D eigenvalue weighted by Gasteiger charge is -2.09. The zero-order valence-electron chi connectivity index (χ0n) is 14.9. The number of carbonyl (C=O) groups is 1. The summed E-state index contributed by atoms with van der Waals surface area (Å²) >= 11 is 0. The number of ether oxygens (including phenoxy) is 3. The standard InChI is InChI=1S/C19H24O6/c1-22-14-11-16(23-2)19-15(20)10-13(25-17(19)12-14)8-6-4-5-7-9-18(21)24-3/h10-12H,4-9H2,1-3H3. The molecule has 2 rings (SSSR count). The molecule has 1 heterocycles. The molecule has 0 radical (unpaired) electrons. The average Bonchev–Trinajstić information content (AvgIpc) is 2.62. The van der Waals surface area contributed by atoms with Crippen LogP contribution in [0.5, 0.6) is 11.5 Å². The van der Waals surface area contributed by atoms with Crippen LogP contribution < -0.4 is 14.9 Å². The van der Waals surface area contributed by atoms with Crippen molar-refractivity contribution in [2.24, 2.45) is 0 Å². The summed E-state index contributed by atoms with van der Waals surface area (Å²) in [7, 11) is 4.46. The Morgan fingerprint density at radius 3 is 2.44 bits per heavy atom. The number of hydrogen-bond donors (Lipinski definition) is 0. The molecule has 1 aromatic heterocycles. The van der Waals surface area contributed by atoms with Gasteiger partial charge >= 0.3 is 5.97 Å². The molecule has 0 fully saturated rings. The van der Waals surface area contributed by atoms with Gasteiger partial charge in [0.05, 0.1) is 21.3 Å². The topological polar surface area (TPSA) is 75.0 Å². The molecule has 0 unspecified atom stereocenters. The highest BCUT2D eigenvalue weighted by atomic mass is 16.5. The van der Waals surface area contributed by atoms with Crippen molar-refractivity contribution in [3.63, 3.8) is 0 Å². The molecule has 0 atom stereocenters. The second kappa shape index (κ2) is 9.11. The SMILES string of the molecule is COC(=O)CCCCCCc1cc(=O)c2c(OC)cc(OC)cc2o1. The van der Waals surface area contributed by atoms with Crippen molar-refractivity contribution in [3.8, 4) is 11.5 Å². The Kier molecular flexibility index (Phi) is 6.86. The number of unbranched alkanes of at least 4 members (excludes halogenated alkanes) is 3. The predicted molar refractivity (Wildman–Crippen MR) is 94.4 cm³/mol. The summed E-state index contributed by atoms with van der Waals surface area (Å²) in [6.07, 6.45) is 4.71. The van der Waals surface area contributed by atoms with E-state index in [1.165, 1.54) is 20.3 Å². The van der Waals surface area contributed by atoms with Gasteiger partial charge in [-0.1, -0.05) is 12.8 Å². The molecule has 6 nitrogen and oxygen atoms in total. The van der Waals surface area contributed by atoms with Crippen LogP contribution in [0.3, 0.4) is 0 Å². The van der Waals surface area contributed by atoms with Crippen molar-refractivity contribution in [1.29, 1.82) is 0 Å². The lowest BCUT2D eigenvalue weighted by Crippen LogP contribution is -2.05. The number of aryl methyl sites for hydroxylation is 1. The minimum Gasteiger partial charge on any atom is -0.496 e. The van der Waals surface area contributed by atoms with Crippen molar-refractivity contribution in [2.45, 2.75) is 38.5 Å². The third-order valence-corrected chi connectivity index (χ3v) is 4.06. The summed E-state index contributed by atoms with van der Waals surface area (Å²) in [5, 5.41) is 0.421. The lowest BCUT2D eigenvalue weighted by molar-refractivity contribution is -0.140. The first-order chi connectivity index (χ1) is 12.1. The first-order valence-corrected chi connectivity index (χ1v) is 8.34. The van der Waals surface area contributed by atoms with Gasteiger partial charge in [-0.3, -0.25) is 9.59 Å². The quantitative estimate of drug-likeness (QED) is 0.510. The first-order valence-electron chi connectivity index (χ1n) is 8.34. The van der Waals surface area contributed by atoms with Crippen LogP contribution >= 0.6 is 0 Å². The molecule has 0 aliphatic carbocycles. The summed E-state index contributed by atoms with van der Waals surface area (Å²) < 4.78 is 20.9. The van der Waals surface area contributed by atoms with E-state index in [1.54, 1.807) is 19.2 Å². The molecule has 136 valence electrons. The fourth-order valence-electron chi connectivity index (χ4n) is 2.70. The maximum atomic E-state index is 12.4. The molecule has 0 amide bonds. The largest absolute Gasteiger partial charge is 0.496 e. The van der Waals surface area contributed by atoms with Crippen LogP contribution in [-0.2, 0) is 16.0 Å². The van der Waals surface area contributed by atoms with Gasteiger partial charge in [-0.15, -0.1) is 0 Å². The second-order valence-electron chi connectivity index (χ2n) is 5.77. The van der Waals surface area contributed by atoms with Crippen LogP contribution in [0.2, 0.25) is 0 Å². The average molecular weight is 348 g/mol. The van der Waals surface area contributed by atoms with Crippen LogP contribution in [0.4, 0.5) is 0 Å². The molecule has 0 spiro atoms. The highest BCUT2D eigenvalue weighted by Gasteiger charge is 2.12. The normalized spacial score (nSPS) is 10.7. The van der Waals surface area contributed by atoms with Crippen molar-refractivity contribution in [2.75, 3.05) is 21.3 Å². The van der Waals surface area contributed by atoms with Crippen LogP contribution in [0.1, 0.15) is 37.9 Å². The Hall–Kier alpha value is -2.50. The fourth-order valence-corrected chi connectivity index (χ4v) is 2.70. The van der Waals surface area contributed by atoms with Crippen LogP contribution in [0.25, 0.3) is 11.0 Å². The number of carbonyl (C=O) groups excluding carboxylic acids is 1. The minimum atomic E-state index is -0.177. The van der Waals surface area contributed by atoms with Gasteiger partial charge in [0, 0.05) is 31.0 Å². The molecular formula is C19H24O6. The van der Waals surface area contributed by atoms with Gasteiger partial charge in [0.2, 0.25) is 0 Å². The highest BCUT2D eigenvalue weighted by molar-refractivity contribution is 5.85. The molecule has 0 saturated heterocycles. The van der Waals surface area contributed by atoms with E-state index in [0.717, 1.165) is 25.7 Å². The number of hydrogen-bond acceptors (Lipinski definition) is 6. The highest BCUT2D eigenvalue weighted by Crippen LogP contribution is 2.29. The Bertz CT molecular complexity index is 777. The summed E-state index contributed by atoms with van der Waals surface area (Å²) in [6.45, 7) is 0. The van der Waals surface area contributed by atoms with E-state index in [0.29, 0.717) is 41.1 Å². The molecule has 6 heteroatoms. The summed E-state index contributed by atoms with van der Waals surface area (Å²) in [5.41, 5.74) is 0.339. The van der Waals surface area contributed by atoms with E-state index < -0.39 is 0 Å². The Balaban J connectivity index is 2.02. The maximum Gasteiger partial charge on any atom is 0.305 e. The molecule has 1 aromatic carbocycles. The van der Waals surface area contributed by atoms with E-state index in [-0.39, 0.29) is 11.4 Å². The number of fused-ring (bicyclic) bond motifs is 1. The smallest absolute Gasteiger partial charge is 0.305 e. The third-order valence-electron chi connectivity index (χ3n) is 4.06. The van der Waals surface area contributed by atoms with Gasteiger partial charge in [-0.25, -0.2) is 0 Å². The Labute approximate surface area is 146 Å². The molecule has 0 bridgehead atoms. The van der Waals surface area contributed by atoms with Crippen molar-refractivity contribution >= 4 is 16.9 Å². The number of esters is 1. The van der Waals surface area contributed by atoms with E-state index in [1.807, 2.05) is 0 Å². The number of rotatable bonds is 9. The van der Waals surface area contributed by atoms with Gasteiger partial charge in [0.25, 0.3) is 0 Å². The predicted octanol–water partition coefficient (Wildman–Crippen LogP) is 3.48. The van der Waals surface area contributed by atoms with Crippen molar-refractivity contribution in [1.82, 2.24) is 0 Å². The fraction of sp³-hybridized carbons (Fsp3) is 0.474. The molecule has 2 aromatic rings. The lowest BCUT2D eigenvalue weighted by atomic mass is 10.1. The van der Waals surface area contributed by atoms with Crippen molar-refractivity contribution < 1.29 is 23.4 Å². The second-order valence-corrected chi connectivity index (χ2v) is 5.77. The molecule has 0 aliphatic heterocycles. The van der Waals surface area contributed by atoms with Gasteiger partial charge in [-0.05, 0) is 12.8 Å². The van der Waals surface area contributed by atoms with E-state index >= 15 is 0 Å². The monoisotopic (exact) mass is 348 g/mol. The van der Waals surface area contributed by atoms with Crippen LogP contribution in [0, 0.1) is 0 Å². The summed E-state index contributed by atoms with van der Waals surface area (Å²) in [6, 6.07) is 4.88. The summed E-state index contributed by atoms with van der Waals surface area (Å²) in [4.78, 5) is 23.4. The first kappa shape index (κ1) is 18.8. The van der Waals surface area contributed by atoms with Crippen molar-refractivity contribution in [3.05, 3.63) is 34.2 Å². The van der Waals surface area contributed by atoms with E-state index in [9.17, 15) is 9.59 Å². The molecule has 25 heavy (non-hydrogen) atoms. The van der Waals surface area contributed by atoms with Gasteiger partial charge in [0.1, 0.15) is 28.2 Å². The minimum absolute atomic E-state index is 0.124.